The number of aldehydes is 1. The molecule has 2 unspecified atom stereocenters. The summed E-state index contributed by atoms with van der Waals surface area (Å²) in [6, 6.07) is 15.5. The molecule has 3 aromatic carbocycles. The molecule has 0 bridgehead atoms. The predicted octanol–water partition coefficient (Wildman–Crippen LogP) is 7.60. The van der Waals surface area contributed by atoms with Crippen LogP contribution in [0.4, 0.5) is 15.8 Å². The second-order valence-corrected chi connectivity index (χ2v) is 10.4. The zero-order chi connectivity index (χ0) is 25.4. The molecule has 1 aliphatic rings. The lowest BCUT2D eigenvalue weighted by Gasteiger charge is -2.15. The first-order valence-corrected chi connectivity index (χ1v) is 12.0. The Hall–Kier alpha value is -2.57. The van der Waals surface area contributed by atoms with Crippen LogP contribution in [0.1, 0.15) is 27.4 Å². The van der Waals surface area contributed by atoms with Crippen LogP contribution in [0, 0.1) is 11.2 Å². The fourth-order valence-corrected chi connectivity index (χ4v) is 5.51. The van der Waals surface area contributed by atoms with E-state index in [1.165, 1.54) is 24.3 Å². The molecule has 1 saturated carbocycles. The topological polar surface area (TPSA) is 58.2 Å². The second kappa shape index (κ2) is 9.82. The van der Waals surface area contributed by atoms with Gasteiger partial charge in [0.2, 0.25) is 0 Å². The average Bonchev–Trinajstić information content (AvgIpc) is 3.34. The average molecular weight is 552 g/mol. The third-order valence-electron chi connectivity index (χ3n) is 6.10. The van der Waals surface area contributed by atoms with E-state index in [4.69, 9.17) is 46.4 Å². The highest BCUT2D eigenvalue weighted by Gasteiger charge is 2.76. The minimum Gasteiger partial charge on any atom is -0.384 e. The molecule has 4 nitrogen and oxygen atoms in total. The molecule has 9 heteroatoms. The summed E-state index contributed by atoms with van der Waals surface area (Å²) >= 11 is 25.7. The Bertz CT molecular complexity index is 1310. The van der Waals surface area contributed by atoms with E-state index in [1.54, 1.807) is 36.4 Å². The van der Waals surface area contributed by atoms with Gasteiger partial charge in [-0.2, -0.15) is 0 Å². The van der Waals surface area contributed by atoms with Crippen LogP contribution in [-0.2, 0) is 4.79 Å². The number of benzene rings is 3. The molecule has 0 spiro atoms. The van der Waals surface area contributed by atoms with Crippen molar-refractivity contribution in [1.82, 2.24) is 0 Å². The van der Waals surface area contributed by atoms with Crippen LogP contribution in [0.5, 0.6) is 0 Å². The van der Waals surface area contributed by atoms with Crippen LogP contribution in [-0.4, -0.2) is 23.1 Å². The molecule has 1 fully saturated rings. The summed E-state index contributed by atoms with van der Waals surface area (Å²) < 4.78 is 11.8. The number of carbonyl (C=O) groups excluding carboxylic acids is 2. The van der Waals surface area contributed by atoms with Crippen LogP contribution < -0.4 is 10.6 Å². The monoisotopic (exact) mass is 550 g/mol. The normalized spacial score (nSPS) is 20.1. The van der Waals surface area contributed by atoms with E-state index in [9.17, 15) is 14.0 Å². The number of halogens is 5. The maximum absolute atomic E-state index is 13.1. The SMILES string of the molecule is C=Cc1ccc(C2C(Cl)(Cl)C2(C=O)CNc2ccc(Cl)c(C(=O)Nc3ccc(F)cc3)c2)cc1Cl. The van der Waals surface area contributed by atoms with Gasteiger partial charge in [-0.05, 0) is 59.7 Å². The standard InChI is InChI=1S/C26H19Cl4FN2O2/c1-2-15-3-4-16(11-22(15)28)23-25(14-34,26(23,29)30)13-32-19-9-10-21(27)20(12-19)24(35)33-18-7-5-17(31)6-8-18/h2-12,14,23,32H,1,13H2,(H,33,35). The highest BCUT2D eigenvalue weighted by Crippen LogP contribution is 2.73. The molecule has 0 heterocycles. The van der Waals surface area contributed by atoms with Crippen LogP contribution in [0.15, 0.2) is 67.2 Å². The Morgan fingerprint density at radius 3 is 2.31 bits per heavy atom. The zero-order valence-electron chi connectivity index (χ0n) is 18.1. The van der Waals surface area contributed by atoms with Crippen molar-refractivity contribution in [2.75, 3.05) is 17.2 Å². The van der Waals surface area contributed by atoms with Crippen molar-refractivity contribution in [3.8, 4) is 0 Å². The van der Waals surface area contributed by atoms with E-state index in [-0.39, 0.29) is 17.1 Å². The lowest BCUT2D eigenvalue weighted by molar-refractivity contribution is -0.112. The Morgan fingerprint density at radius 2 is 1.69 bits per heavy atom. The molecular weight excluding hydrogens is 533 g/mol. The fraction of sp³-hybridized carbons (Fsp3) is 0.154. The van der Waals surface area contributed by atoms with Crippen LogP contribution in [0.2, 0.25) is 10.0 Å². The Balaban J connectivity index is 1.52. The number of carbonyl (C=O) groups is 2. The molecule has 0 aromatic heterocycles. The summed E-state index contributed by atoms with van der Waals surface area (Å²) in [5.74, 6) is -1.38. The Morgan fingerprint density at radius 1 is 1.00 bits per heavy atom. The summed E-state index contributed by atoms with van der Waals surface area (Å²) in [7, 11) is 0. The van der Waals surface area contributed by atoms with Crippen molar-refractivity contribution >= 4 is 76.0 Å². The molecule has 1 aliphatic carbocycles. The van der Waals surface area contributed by atoms with E-state index in [2.05, 4.69) is 17.2 Å². The third-order valence-corrected chi connectivity index (χ3v) is 7.90. The molecule has 0 radical (unpaired) electrons. The maximum atomic E-state index is 13.1. The van der Waals surface area contributed by atoms with Crippen molar-refractivity contribution in [1.29, 1.82) is 0 Å². The molecule has 0 aliphatic heterocycles. The number of hydrogen-bond donors (Lipinski definition) is 2. The van der Waals surface area contributed by atoms with E-state index < -0.39 is 27.4 Å². The van der Waals surface area contributed by atoms with Gasteiger partial charge in [-0.25, -0.2) is 4.39 Å². The molecule has 0 saturated heterocycles. The second-order valence-electron chi connectivity index (χ2n) is 8.21. The summed E-state index contributed by atoms with van der Waals surface area (Å²) in [4.78, 5) is 24.9. The molecular formula is C26H19Cl4FN2O2. The van der Waals surface area contributed by atoms with Gasteiger partial charge in [0.15, 0.2) is 0 Å². The van der Waals surface area contributed by atoms with Gasteiger partial charge < -0.3 is 15.4 Å². The van der Waals surface area contributed by atoms with Crippen molar-refractivity contribution in [2.45, 2.75) is 10.3 Å². The molecule has 180 valence electrons. The lowest BCUT2D eigenvalue weighted by Crippen LogP contribution is -2.23. The van der Waals surface area contributed by atoms with Crippen LogP contribution in [0.25, 0.3) is 6.08 Å². The van der Waals surface area contributed by atoms with Crippen LogP contribution >= 0.6 is 46.4 Å². The van der Waals surface area contributed by atoms with Gasteiger partial charge in [-0.1, -0.05) is 71.2 Å². The van der Waals surface area contributed by atoms with Crippen molar-refractivity contribution in [3.05, 3.63) is 99.8 Å². The van der Waals surface area contributed by atoms with Crippen molar-refractivity contribution < 1.29 is 14.0 Å². The molecule has 2 atom stereocenters. The third kappa shape index (κ3) is 4.78. The fourth-order valence-electron chi connectivity index (χ4n) is 4.07. The van der Waals surface area contributed by atoms with Gasteiger partial charge >= 0.3 is 0 Å². The first-order valence-electron chi connectivity index (χ1n) is 10.5. The van der Waals surface area contributed by atoms with E-state index in [1.807, 2.05) is 6.07 Å². The number of hydrogen-bond acceptors (Lipinski definition) is 3. The number of nitrogens with one attached hydrogen (secondary N) is 2. The van der Waals surface area contributed by atoms with Gasteiger partial charge in [0.05, 0.1) is 16.0 Å². The first kappa shape index (κ1) is 25.5. The zero-order valence-corrected chi connectivity index (χ0v) is 21.1. The smallest absolute Gasteiger partial charge is 0.257 e. The summed E-state index contributed by atoms with van der Waals surface area (Å²) in [6.45, 7) is 3.82. The summed E-state index contributed by atoms with van der Waals surface area (Å²) in [5.41, 5.74) is 1.52. The Labute approximate surface area is 222 Å². The molecule has 2 N–H and O–H groups in total. The molecule has 3 aromatic rings. The highest BCUT2D eigenvalue weighted by molar-refractivity contribution is 6.54. The first-order chi connectivity index (χ1) is 16.6. The summed E-state index contributed by atoms with van der Waals surface area (Å²) in [5, 5.41) is 6.53. The number of alkyl halides is 2. The predicted molar refractivity (Wildman–Crippen MR) is 142 cm³/mol. The van der Waals surface area contributed by atoms with Gasteiger partial charge in [-0.15, -0.1) is 0 Å². The number of rotatable bonds is 8. The van der Waals surface area contributed by atoms with Gasteiger partial charge in [-0.3, -0.25) is 4.79 Å². The van der Waals surface area contributed by atoms with E-state index in [0.717, 1.165) is 17.4 Å². The van der Waals surface area contributed by atoms with E-state index in [0.29, 0.717) is 16.4 Å². The quantitative estimate of drug-likeness (QED) is 0.224. The van der Waals surface area contributed by atoms with E-state index >= 15 is 0 Å². The van der Waals surface area contributed by atoms with Crippen molar-refractivity contribution in [3.63, 3.8) is 0 Å². The lowest BCUT2D eigenvalue weighted by atomic mass is 9.99. The van der Waals surface area contributed by atoms with Gasteiger partial charge in [0, 0.05) is 28.9 Å². The molecule has 4 rings (SSSR count). The minimum absolute atomic E-state index is 0.107. The number of anilines is 2. The molecule has 35 heavy (non-hydrogen) atoms. The number of amides is 1. The Kier molecular flexibility index (Phi) is 7.16. The molecule has 1 amide bonds. The largest absolute Gasteiger partial charge is 0.384 e. The van der Waals surface area contributed by atoms with Crippen LogP contribution in [0.3, 0.4) is 0 Å². The summed E-state index contributed by atoms with van der Waals surface area (Å²) in [6.07, 6.45) is 2.38. The van der Waals surface area contributed by atoms with Crippen molar-refractivity contribution in [2.24, 2.45) is 5.41 Å². The maximum Gasteiger partial charge on any atom is 0.257 e. The van der Waals surface area contributed by atoms with Gasteiger partial charge in [0.1, 0.15) is 16.4 Å². The highest BCUT2D eigenvalue weighted by atomic mass is 35.5. The minimum atomic E-state index is -1.35. The van der Waals surface area contributed by atoms with Gasteiger partial charge in [0.25, 0.3) is 5.91 Å².